The third kappa shape index (κ3) is 2.78. The van der Waals surface area contributed by atoms with Crippen LogP contribution >= 0.6 is 0 Å². The summed E-state index contributed by atoms with van der Waals surface area (Å²) >= 11 is 0. The maximum Gasteiger partial charge on any atom is 0.495 e. The molecule has 6 nitrogen and oxygen atoms in total. The van der Waals surface area contributed by atoms with Gasteiger partial charge in [0.1, 0.15) is 0 Å². The van der Waals surface area contributed by atoms with Crippen LogP contribution in [0, 0.1) is 0 Å². The van der Waals surface area contributed by atoms with E-state index in [-0.39, 0.29) is 12.0 Å². The van der Waals surface area contributed by atoms with Gasteiger partial charge in [-0.25, -0.2) is 0 Å². The Balaban J connectivity index is 2.33. The normalized spacial score (nSPS) is 20.1. The summed E-state index contributed by atoms with van der Waals surface area (Å²) in [6.45, 7) is 7.74. The number of nitrogens with two attached hydrogens (primary N) is 1. The average Bonchev–Trinajstić information content (AvgIpc) is 2.46. The van der Waals surface area contributed by atoms with Crippen molar-refractivity contribution in [2.75, 3.05) is 0 Å². The summed E-state index contributed by atoms with van der Waals surface area (Å²) < 4.78 is 11.7. The van der Waals surface area contributed by atoms with Crippen LogP contribution in [0.4, 0.5) is 0 Å². The molecule has 1 aromatic heterocycles. The molecule has 0 atom stereocenters. The van der Waals surface area contributed by atoms with Crippen molar-refractivity contribution in [1.82, 2.24) is 4.98 Å². The molecule has 3 N–H and O–H groups in total. The minimum Gasteiger partial charge on any atom is -0.399 e. The smallest absolute Gasteiger partial charge is 0.399 e. The van der Waals surface area contributed by atoms with Crippen molar-refractivity contribution in [3.05, 3.63) is 28.2 Å². The molecule has 108 valence electrons. The zero-order valence-corrected chi connectivity index (χ0v) is 12.1. The monoisotopic (exact) mass is 278 g/mol. The summed E-state index contributed by atoms with van der Waals surface area (Å²) in [4.78, 5) is 25.2. The summed E-state index contributed by atoms with van der Waals surface area (Å²) in [5.41, 5.74) is 4.91. The van der Waals surface area contributed by atoms with Crippen LogP contribution in [0.15, 0.2) is 16.9 Å². The number of aromatic nitrogens is 1. The van der Waals surface area contributed by atoms with E-state index in [2.05, 4.69) is 4.98 Å². The van der Waals surface area contributed by atoms with Crippen molar-refractivity contribution in [2.45, 2.75) is 45.3 Å². The van der Waals surface area contributed by atoms with Gasteiger partial charge in [-0.1, -0.05) is 0 Å². The van der Waals surface area contributed by atoms with Crippen molar-refractivity contribution in [2.24, 2.45) is 5.73 Å². The standard InChI is InChI=1S/C13H19BN2O4/c1-12(2)13(3,4)20-14(19-12)8-5-9(7-10(15)17)16-11(18)6-8/h5-6H,7H2,1-4H3,(H2,15,17)(H,16,18). The van der Waals surface area contributed by atoms with Gasteiger partial charge in [0, 0.05) is 11.8 Å². The number of hydrogen-bond acceptors (Lipinski definition) is 4. The fourth-order valence-corrected chi connectivity index (χ4v) is 2.02. The number of hydrogen-bond donors (Lipinski definition) is 2. The topological polar surface area (TPSA) is 94.4 Å². The van der Waals surface area contributed by atoms with E-state index >= 15 is 0 Å². The molecule has 0 radical (unpaired) electrons. The number of nitrogens with one attached hydrogen (secondary N) is 1. The summed E-state index contributed by atoms with van der Waals surface area (Å²) in [6.07, 6.45) is -0.0252. The summed E-state index contributed by atoms with van der Waals surface area (Å²) in [7, 11) is -0.631. The first-order valence-electron chi connectivity index (χ1n) is 6.48. The lowest BCUT2D eigenvalue weighted by molar-refractivity contribution is -0.117. The highest BCUT2D eigenvalue weighted by Crippen LogP contribution is 2.36. The molecule has 0 unspecified atom stereocenters. The predicted octanol–water partition coefficient (Wildman–Crippen LogP) is -0.298. The third-order valence-electron chi connectivity index (χ3n) is 3.81. The zero-order valence-electron chi connectivity index (χ0n) is 12.1. The lowest BCUT2D eigenvalue weighted by atomic mass is 9.79. The minimum atomic E-state index is -0.631. The molecular weight excluding hydrogens is 259 g/mol. The first kappa shape index (κ1) is 14.8. The van der Waals surface area contributed by atoms with Crippen LogP contribution < -0.4 is 16.8 Å². The molecule has 0 aliphatic carbocycles. The molecule has 1 aromatic rings. The van der Waals surface area contributed by atoms with E-state index in [4.69, 9.17) is 15.0 Å². The van der Waals surface area contributed by atoms with Crippen molar-refractivity contribution in [3.8, 4) is 0 Å². The van der Waals surface area contributed by atoms with Crippen molar-refractivity contribution >= 4 is 18.5 Å². The van der Waals surface area contributed by atoms with Gasteiger partial charge < -0.3 is 20.0 Å². The van der Waals surface area contributed by atoms with E-state index in [1.807, 2.05) is 27.7 Å². The quantitative estimate of drug-likeness (QED) is 0.742. The number of carbonyl (C=O) groups excluding carboxylic acids is 1. The Kier molecular flexibility index (Phi) is 3.52. The Bertz CT molecular complexity index is 578. The van der Waals surface area contributed by atoms with Gasteiger partial charge in [0.15, 0.2) is 0 Å². The molecule has 2 rings (SSSR count). The second kappa shape index (κ2) is 4.75. The number of amides is 1. The van der Waals surface area contributed by atoms with Gasteiger partial charge in [-0.15, -0.1) is 0 Å². The highest BCUT2D eigenvalue weighted by atomic mass is 16.7. The van der Waals surface area contributed by atoms with Crippen LogP contribution in [0.1, 0.15) is 33.4 Å². The van der Waals surface area contributed by atoms with E-state index in [9.17, 15) is 9.59 Å². The molecule has 1 fully saturated rings. The SMILES string of the molecule is CC1(C)OB(c2cc(CC(N)=O)[nH]c(=O)c2)OC1(C)C. The first-order valence-corrected chi connectivity index (χ1v) is 6.48. The predicted molar refractivity (Wildman–Crippen MR) is 75.7 cm³/mol. The fourth-order valence-electron chi connectivity index (χ4n) is 2.02. The molecule has 0 spiro atoms. The molecule has 0 saturated carbocycles. The Labute approximate surface area is 117 Å². The average molecular weight is 278 g/mol. The van der Waals surface area contributed by atoms with Crippen LogP contribution in [0.25, 0.3) is 0 Å². The van der Waals surface area contributed by atoms with Crippen molar-refractivity contribution in [3.63, 3.8) is 0 Å². The van der Waals surface area contributed by atoms with Crippen LogP contribution in [0.2, 0.25) is 0 Å². The van der Waals surface area contributed by atoms with Crippen LogP contribution in [-0.4, -0.2) is 29.2 Å². The molecule has 1 aliphatic heterocycles. The second-order valence-electron chi connectivity index (χ2n) is 6.03. The largest absolute Gasteiger partial charge is 0.495 e. The molecule has 1 saturated heterocycles. The van der Waals surface area contributed by atoms with E-state index in [0.717, 1.165) is 0 Å². The minimum absolute atomic E-state index is 0.0252. The van der Waals surface area contributed by atoms with Gasteiger partial charge in [0.05, 0.1) is 17.6 Å². The molecule has 1 aliphatic rings. The molecule has 20 heavy (non-hydrogen) atoms. The second-order valence-corrected chi connectivity index (χ2v) is 6.03. The Hall–Kier alpha value is -1.60. The van der Waals surface area contributed by atoms with Crippen molar-refractivity contribution in [1.29, 1.82) is 0 Å². The van der Waals surface area contributed by atoms with Gasteiger partial charge in [0.2, 0.25) is 11.5 Å². The number of H-pyrrole nitrogens is 1. The molecule has 1 amide bonds. The maximum atomic E-state index is 11.7. The molecule has 0 aromatic carbocycles. The van der Waals surface area contributed by atoms with Gasteiger partial charge in [-0.05, 0) is 39.2 Å². The zero-order chi connectivity index (χ0) is 15.1. The number of aromatic amines is 1. The van der Waals surface area contributed by atoms with E-state index in [1.54, 1.807) is 6.07 Å². The van der Waals surface area contributed by atoms with E-state index in [0.29, 0.717) is 11.2 Å². The molecule has 2 heterocycles. The van der Waals surface area contributed by atoms with E-state index in [1.165, 1.54) is 6.07 Å². The molecular formula is C13H19BN2O4. The fraction of sp³-hybridized carbons (Fsp3) is 0.538. The van der Waals surface area contributed by atoms with Crippen LogP contribution in [0.3, 0.4) is 0 Å². The van der Waals surface area contributed by atoms with Gasteiger partial charge in [0.25, 0.3) is 0 Å². The molecule has 0 bridgehead atoms. The number of carbonyl (C=O) groups is 1. The summed E-state index contributed by atoms with van der Waals surface area (Å²) in [5, 5.41) is 0. The highest BCUT2D eigenvalue weighted by Gasteiger charge is 2.51. The summed E-state index contributed by atoms with van der Waals surface area (Å²) in [5.74, 6) is -0.508. The van der Waals surface area contributed by atoms with Gasteiger partial charge >= 0.3 is 7.12 Å². The van der Waals surface area contributed by atoms with E-state index < -0.39 is 24.2 Å². The Morgan fingerprint density at radius 3 is 2.30 bits per heavy atom. The Morgan fingerprint density at radius 2 is 1.80 bits per heavy atom. The Morgan fingerprint density at radius 1 is 1.25 bits per heavy atom. The molecule has 7 heteroatoms. The van der Waals surface area contributed by atoms with Crippen molar-refractivity contribution < 1.29 is 14.1 Å². The summed E-state index contributed by atoms with van der Waals surface area (Å²) in [6, 6.07) is 3.08. The van der Waals surface area contributed by atoms with Crippen LogP contribution in [-0.2, 0) is 20.5 Å². The van der Waals surface area contributed by atoms with Crippen LogP contribution in [0.5, 0.6) is 0 Å². The van der Waals surface area contributed by atoms with Gasteiger partial charge in [-0.2, -0.15) is 0 Å². The lowest BCUT2D eigenvalue weighted by Gasteiger charge is -2.32. The number of primary amides is 1. The van der Waals surface area contributed by atoms with Gasteiger partial charge in [-0.3, -0.25) is 9.59 Å². The number of pyridine rings is 1. The number of rotatable bonds is 3. The maximum absolute atomic E-state index is 11.7. The third-order valence-corrected chi connectivity index (χ3v) is 3.81. The lowest BCUT2D eigenvalue weighted by Crippen LogP contribution is -2.41. The first-order chi connectivity index (χ1) is 9.10. The highest BCUT2D eigenvalue weighted by molar-refractivity contribution is 6.62.